The number of hydrogen-bond acceptors (Lipinski definition) is 3. The molecule has 0 radical (unpaired) electrons. The molecule has 2 aromatic heterocycles. The van der Waals surface area contributed by atoms with Gasteiger partial charge in [-0.05, 0) is 42.8 Å². The molecule has 0 aromatic carbocycles. The van der Waals surface area contributed by atoms with E-state index in [2.05, 4.69) is 49.7 Å². The maximum absolute atomic E-state index is 6.10. The van der Waals surface area contributed by atoms with Gasteiger partial charge in [-0.1, -0.05) is 37.9 Å². The summed E-state index contributed by atoms with van der Waals surface area (Å²) in [5, 5.41) is 5.91. The van der Waals surface area contributed by atoms with Crippen molar-refractivity contribution in [3.05, 3.63) is 43.7 Å². The van der Waals surface area contributed by atoms with Crippen molar-refractivity contribution >= 4 is 34.3 Å². The van der Waals surface area contributed by atoms with Crippen LogP contribution in [0.5, 0.6) is 0 Å². The van der Waals surface area contributed by atoms with Crippen LogP contribution in [-0.2, 0) is 0 Å². The molecule has 0 aliphatic carbocycles. The summed E-state index contributed by atoms with van der Waals surface area (Å²) in [7, 11) is 0. The first-order valence-corrected chi connectivity index (χ1v) is 9.22. The molecule has 1 N–H and O–H groups in total. The lowest BCUT2D eigenvalue weighted by Crippen LogP contribution is -2.31. The van der Waals surface area contributed by atoms with Crippen molar-refractivity contribution in [2.75, 3.05) is 0 Å². The smallest absolute Gasteiger partial charge is 0.0931 e. The zero-order valence-electron chi connectivity index (χ0n) is 12.2. The van der Waals surface area contributed by atoms with Crippen LogP contribution in [0.25, 0.3) is 0 Å². The molecule has 110 valence electrons. The maximum atomic E-state index is 6.10. The Morgan fingerprint density at radius 3 is 2.55 bits per heavy atom. The van der Waals surface area contributed by atoms with Crippen molar-refractivity contribution in [1.82, 2.24) is 5.32 Å². The fraction of sp³-hybridized carbons (Fsp3) is 0.500. The molecule has 0 saturated heterocycles. The lowest BCUT2D eigenvalue weighted by molar-refractivity contribution is 0.397. The van der Waals surface area contributed by atoms with Crippen LogP contribution in [0, 0.1) is 5.92 Å². The van der Waals surface area contributed by atoms with E-state index in [1.807, 2.05) is 6.07 Å². The Morgan fingerprint density at radius 2 is 2.00 bits per heavy atom. The summed E-state index contributed by atoms with van der Waals surface area (Å²) >= 11 is 9.58. The number of thiophene rings is 2. The molecule has 4 heteroatoms. The lowest BCUT2D eigenvalue weighted by atomic mass is 9.99. The molecule has 0 fully saturated rings. The van der Waals surface area contributed by atoms with Crippen LogP contribution >= 0.6 is 34.3 Å². The van der Waals surface area contributed by atoms with E-state index in [1.165, 1.54) is 22.6 Å². The van der Waals surface area contributed by atoms with Crippen LogP contribution in [0.4, 0.5) is 0 Å². The largest absolute Gasteiger partial charge is 0.302 e. The van der Waals surface area contributed by atoms with Crippen molar-refractivity contribution in [3.63, 3.8) is 0 Å². The Balaban J connectivity index is 2.12. The second kappa shape index (κ2) is 7.60. The fourth-order valence-corrected chi connectivity index (χ4v) is 4.38. The average Bonchev–Trinajstić information content (AvgIpc) is 3.07. The lowest BCUT2D eigenvalue weighted by Gasteiger charge is -2.23. The van der Waals surface area contributed by atoms with Crippen LogP contribution in [-0.4, -0.2) is 6.04 Å². The molecule has 3 unspecified atom stereocenters. The first-order valence-electron chi connectivity index (χ1n) is 7.14. The van der Waals surface area contributed by atoms with Crippen molar-refractivity contribution < 1.29 is 0 Å². The van der Waals surface area contributed by atoms with E-state index in [4.69, 9.17) is 11.6 Å². The highest BCUT2D eigenvalue weighted by Crippen LogP contribution is 2.33. The predicted molar refractivity (Wildman–Crippen MR) is 92.2 cm³/mol. The summed E-state index contributed by atoms with van der Waals surface area (Å²) in [6, 6.07) is 9.21. The standard InChI is InChI=1S/C16H22ClNS2/c1-4-11(2)10-12(3)18-16(13-6-5-9-19-13)14-7-8-15(17)20-14/h5-9,11-12,16,18H,4,10H2,1-3H3. The van der Waals surface area contributed by atoms with Crippen LogP contribution < -0.4 is 5.32 Å². The highest BCUT2D eigenvalue weighted by Gasteiger charge is 2.20. The predicted octanol–water partition coefficient (Wildman–Crippen LogP) is 5.97. The Kier molecular flexibility index (Phi) is 6.09. The summed E-state index contributed by atoms with van der Waals surface area (Å²) < 4.78 is 0.859. The number of rotatable bonds is 7. The molecule has 3 atom stereocenters. The Morgan fingerprint density at radius 1 is 1.20 bits per heavy atom. The first kappa shape index (κ1) is 16.0. The molecular weight excluding hydrogens is 306 g/mol. The van der Waals surface area contributed by atoms with Crippen molar-refractivity contribution in [1.29, 1.82) is 0 Å². The van der Waals surface area contributed by atoms with E-state index >= 15 is 0 Å². The minimum atomic E-state index is 0.270. The van der Waals surface area contributed by atoms with Gasteiger partial charge in [0.1, 0.15) is 0 Å². The zero-order valence-corrected chi connectivity index (χ0v) is 14.6. The zero-order chi connectivity index (χ0) is 14.5. The average molecular weight is 328 g/mol. The molecule has 2 aromatic rings. The molecule has 2 rings (SSSR count). The van der Waals surface area contributed by atoms with Gasteiger partial charge >= 0.3 is 0 Å². The van der Waals surface area contributed by atoms with Gasteiger partial charge in [0.15, 0.2) is 0 Å². The topological polar surface area (TPSA) is 12.0 Å². The van der Waals surface area contributed by atoms with Gasteiger partial charge in [-0.25, -0.2) is 0 Å². The Labute approximate surface area is 135 Å². The van der Waals surface area contributed by atoms with E-state index in [1.54, 1.807) is 22.7 Å². The second-order valence-electron chi connectivity index (χ2n) is 5.41. The third kappa shape index (κ3) is 4.32. The summed E-state index contributed by atoms with van der Waals surface area (Å²) in [6.07, 6.45) is 2.44. The molecule has 0 saturated carbocycles. The number of halogens is 1. The third-order valence-electron chi connectivity index (χ3n) is 3.61. The molecule has 2 heterocycles. The summed E-state index contributed by atoms with van der Waals surface area (Å²) in [6.45, 7) is 6.86. The van der Waals surface area contributed by atoms with Crippen molar-refractivity contribution in [2.45, 2.75) is 45.7 Å². The highest BCUT2D eigenvalue weighted by atomic mass is 35.5. The van der Waals surface area contributed by atoms with E-state index in [0.717, 1.165) is 10.3 Å². The Bertz CT molecular complexity index is 506. The summed E-state index contributed by atoms with van der Waals surface area (Å²) in [5.74, 6) is 0.758. The Hall–Kier alpha value is -0.350. The van der Waals surface area contributed by atoms with Crippen LogP contribution in [0.2, 0.25) is 4.34 Å². The van der Waals surface area contributed by atoms with Gasteiger partial charge in [0.2, 0.25) is 0 Å². The van der Waals surface area contributed by atoms with E-state index in [-0.39, 0.29) is 6.04 Å². The normalized spacial score (nSPS) is 16.0. The van der Waals surface area contributed by atoms with Gasteiger partial charge in [-0.15, -0.1) is 22.7 Å². The van der Waals surface area contributed by atoms with Crippen molar-refractivity contribution in [3.8, 4) is 0 Å². The van der Waals surface area contributed by atoms with Gasteiger partial charge in [-0.3, -0.25) is 0 Å². The molecule has 0 aliphatic rings. The quantitative estimate of drug-likeness (QED) is 0.661. The second-order valence-corrected chi connectivity index (χ2v) is 8.13. The molecule has 0 amide bonds. The van der Waals surface area contributed by atoms with Crippen LogP contribution in [0.1, 0.15) is 49.4 Å². The van der Waals surface area contributed by atoms with Gasteiger partial charge in [0.05, 0.1) is 10.4 Å². The molecule has 20 heavy (non-hydrogen) atoms. The van der Waals surface area contributed by atoms with Crippen LogP contribution in [0.15, 0.2) is 29.6 Å². The van der Waals surface area contributed by atoms with E-state index in [9.17, 15) is 0 Å². The molecule has 0 spiro atoms. The number of nitrogens with one attached hydrogen (secondary N) is 1. The number of hydrogen-bond donors (Lipinski definition) is 1. The van der Waals surface area contributed by atoms with E-state index < -0.39 is 0 Å². The monoisotopic (exact) mass is 327 g/mol. The minimum absolute atomic E-state index is 0.270. The summed E-state index contributed by atoms with van der Waals surface area (Å²) in [5.41, 5.74) is 0. The fourth-order valence-electron chi connectivity index (χ4n) is 2.37. The van der Waals surface area contributed by atoms with Crippen molar-refractivity contribution in [2.24, 2.45) is 5.92 Å². The van der Waals surface area contributed by atoms with Crippen LogP contribution in [0.3, 0.4) is 0 Å². The SMILES string of the molecule is CCC(C)CC(C)NC(c1cccs1)c1ccc(Cl)s1. The van der Waals surface area contributed by atoms with Gasteiger partial charge in [-0.2, -0.15) is 0 Å². The molecule has 1 nitrogen and oxygen atoms in total. The minimum Gasteiger partial charge on any atom is -0.302 e. The summed E-state index contributed by atoms with van der Waals surface area (Å²) in [4.78, 5) is 2.66. The van der Waals surface area contributed by atoms with E-state index in [0.29, 0.717) is 6.04 Å². The molecular formula is C16H22ClNS2. The molecule has 0 aliphatic heterocycles. The molecule has 0 bridgehead atoms. The highest BCUT2D eigenvalue weighted by molar-refractivity contribution is 7.16. The maximum Gasteiger partial charge on any atom is 0.0931 e. The third-order valence-corrected chi connectivity index (χ3v) is 5.84. The van der Waals surface area contributed by atoms with Gasteiger partial charge in [0, 0.05) is 15.8 Å². The van der Waals surface area contributed by atoms with Gasteiger partial charge in [0.25, 0.3) is 0 Å². The first-order chi connectivity index (χ1) is 9.60. The van der Waals surface area contributed by atoms with Gasteiger partial charge < -0.3 is 5.32 Å².